The van der Waals surface area contributed by atoms with E-state index in [4.69, 9.17) is 9.47 Å². The molecule has 1 amide bonds. The Bertz CT molecular complexity index is 1300. The number of carbonyl (C=O) groups is 2. The first-order valence-corrected chi connectivity index (χ1v) is 10.2. The minimum Gasteiger partial charge on any atom is -0.507 e. The van der Waals surface area contributed by atoms with Crippen molar-refractivity contribution in [3.63, 3.8) is 0 Å². The number of ether oxygens (including phenoxy) is 2. The van der Waals surface area contributed by atoms with Gasteiger partial charge in [0.25, 0.3) is 17.4 Å². The molecule has 3 aromatic carbocycles. The molecule has 0 saturated carbocycles. The van der Waals surface area contributed by atoms with Gasteiger partial charge >= 0.3 is 0 Å². The van der Waals surface area contributed by atoms with Crippen molar-refractivity contribution < 1.29 is 29.1 Å². The van der Waals surface area contributed by atoms with Gasteiger partial charge in [0.2, 0.25) is 0 Å². The van der Waals surface area contributed by atoms with Crippen LogP contribution in [0.2, 0.25) is 0 Å². The summed E-state index contributed by atoms with van der Waals surface area (Å²) in [4.78, 5) is 38.1. The van der Waals surface area contributed by atoms with Crippen LogP contribution < -0.4 is 14.4 Å². The van der Waals surface area contributed by atoms with Crippen molar-refractivity contribution in [3.8, 4) is 11.5 Å². The van der Waals surface area contributed by atoms with Gasteiger partial charge in [-0.2, -0.15) is 0 Å². The molecule has 0 radical (unpaired) electrons. The first kappa shape index (κ1) is 22.5. The summed E-state index contributed by atoms with van der Waals surface area (Å²) >= 11 is 0. The van der Waals surface area contributed by atoms with Crippen molar-refractivity contribution in [3.05, 3.63) is 99.6 Å². The number of amides is 1. The van der Waals surface area contributed by atoms with E-state index in [-0.39, 0.29) is 16.8 Å². The lowest BCUT2D eigenvalue weighted by Crippen LogP contribution is -2.29. The predicted octanol–water partition coefficient (Wildman–Crippen LogP) is 4.24. The summed E-state index contributed by atoms with van der Waals surface area (Å²) in [7, 11) is 2.95. The van der Waals surface area contributed by atoms with E-state index >= 15 is 0 Å². The van der Waals surface area contributed by atoms with Gasteiger partial charge in [0.1, 0.15) is 17.3 Å². The number of benzene rings is 3. The van der Waals surface area contributed by atoms with Gasteiger partial charge < -0.3 is 14.6 Å². The lowest BCUT2D eigenvalue weighted by molar-refractivity contribution is -0.384. The topological polar surface area (TPSA) is 119 Å². The van der Waals surface area contributed by atoms with Crippen LogP contribution >= 0.6 is 0 Å². The Balaban J connectivity index is 1.96. The molecule has 1 atom stereocenters. The third-order valence-electron chi connectivity index (χ3n) is 5.57. The molecule has 0 aromatic heterocycles. The molecular formula is C25H20N2O7. The molecule has 0 unspecified atom stereocenters. The largest absolute Gasteiger partial charge is 0.507 e. The van der Waals surface area contributed by atoms with Crippen molar-refractivity contribution in [1.29, 1.82) is 0 Å². The van der Waals surface area contributed by atoms with Crippen LogP contribution in [0.5, 0.6) is 11.5 Å². The average Bonchev–Trinajstić information content (AvgIpc) is 3.13. The predicted molar refractivity (Wildman–Crippen MR) is 124 cm³/mol. The number of nitro benzene ring substituents is 1. The van der Waals surface area contributed by atoms with Gasteiger partial charge in [0.05, 0.1) is 30.8 Å². The fourth-order valence-electron chi connectivity index (χ4n) is 3.92. The lowest BCUT2D eigenvalue weighted by Gasteiger charge is -2.26. The Morgan fingerprint density at radius 2 is 1.65 bits per heavy atom. The highest BCUT2D eigenvalue weighted by Gasteiger charge is 2.48. The van der Waals surface area contributed by atoms with Gasteiger partial charge in [0, 0.05) is 35.0 Å². The molecule has 9 heteroatoms. The second-order valence-electron chi connectivity index (χ2n) is 7.42. The Morgan fingerprint density at radius 1 is 0.971 bits per heavy atom. The van der Waals surface area contributed by atoms with Gasteiger partial charge in [-0.3, -0.25) is 24.6 Å². The van der Waals surface area contributed by atoms with E-state index in [1.807, 2.05) is 0 Å². The minimum atomic E-state index is -1.02. The Hall–Kier alpha value is -4.66. The summed E-state index contributed by atoms with van der Waals surface area (Å²) in [6.07, 6.45) is 0. The quantitative estimate of drug-likeness (QED) is 0.192. The normalized spacial score (nSPS) is 17.0. The lowest BCUT2D eigenvalue weighted by atomic mass is 9.94. The number of methoxy groups -OCH3 is 2. The van der Waals surface area contributed by atoms with Gasteiger partial charge in [-0.25, -0.2) is 0 Å². The molecule has 0 bridgehead atoms. The van der Waals surface area contributed by atoms with Crippen LogP contribution in [0.4, 0.5) is 11.4 Å². The fraction of sp³-hybridized carbons (Fsp3) is 0.120. The van der Waals surface area contributed by atoms with E-state index in [0.717, 1.165) is 0 Å². The Kier molecular flexibility index (Phi) is 6.01. The van der Waals surface area contributed by atoms with Gasteiger partial charge in [-0.1, -0.05) is 18.2 Å². The third-order valence-corrected chi connectivity index (χ3v) is 5.57. The standard InChI is InChI=1S/C25H20N2O7/c1-33-18-12-13-19(20(14-18)34-2)22-21(23(28)15-8-10-17(11-9-15)27(31)32)24(29)25(30)26(22)16-6-4-3-5-7-16/h3-14,22,28H,1-2H3/t22-/m0/s1. The number of nitrogens with zero attached hydrogens (tertiary/aromatic N) is 2. The highest BCUT2D eigenvalue weighted by Crippen LogP contribution is 2.45. The summed E-state index contributed by atoms with van der Waals surface area (Å²) in [5.41, 5.74) is 0.736. The number of non-ortho nitro benzene ring substituents is 1. The van der Waals surface area contributed by atoms with E-state index in [1.165, 1.54) is 43.4 Å². The van der Waals surface area contributed by atoms with Crippen molar-refractivity contribution in [2.24, 2.45) is 0 Å². The van der Waals surface area contributed by atoms with Crippen molar-refractivity contribution in [2.75, 3.05) is 19.1 Å². The van der Waals surface area contributed by atoms with E-state index in [0.29, 0.717) is 22.7 Å². The van der Waals surface area contributed by atoms with Crippen LogP contribution in [0.15, 0.2) is 78.4 Å². The maximum Gasteiger partial charge on any atom is 0.300 e. The minimum absolute atomic E-state index is 0.161. The summed E-state index contributed by atoms with van der Waals surface area (Å²) in [6.45, 7) is 0. The van der Waals surface area contributed by atoms with Crippen LogP contribution in [0.1, 0.15) is 17.2 Å². The number of nitro groups is 1. The van der Waals surface area contributed by atoms with E-state index in [2.05, 4.69) is 0 Å². The number of para-hydroxylation sites is 1. The monoisotopic (exact) mass is 460 g/mol. The van der Waals surface area contributed by atoms with Crippen molar-refractivity contribution in [1.82, 2.24) is 0 Å². The zero-order valence-electron chi connectivity index (χ0n) is 18.3. The third kappa shape index (κ3) is 3.83. The number of rotatable bonds is 6. The van der Waals surface area contributed by atoms with Gasteiger partial charge in [0.15, 0.2) is 0 Å². The van der Waals surface area contributed by atoms with Gasteiger partial charge in [-0.05, 0) is 36.4 Å². The van der Waals surface area contributed by atoms with Crippen LogP contribution in [0, 0.1) is 10.1 Å². The number of ketones is 1. The Morgan fingerprint density at radius 3 is 2.24 bits per heavy atom. The molecule has 1 fully saturated rings. The average molecular weight is 460 g/mol. The number of hydrogen-bond acceptors (Lipinski definition) is 7. The maximum absolute atomic E-state index is 13.2. The first-order valence-electron chi connectivity index (χ1n) is 10.2. The second-order valence-corrected chi connectivity index (χ2v) is 7.42. The van der Waals surface area contributed by atoms with Crippen LogP contribution in [-0.4, -0.2) is 35.9 Å². The summed E-state index contributed by atoms with van der Waals surface area (Å²) in [5, 5.41) is 22.1. The number of aliphatic hydroxyl groups excluding tert-OH is 1. The molecule has 9 nitrogen and oxygen atoms in total. The maximum atomic E-state index is 13.2. The van der Waals surface area contributed by atoms with E-state index in [9.17, 15) is 24.8 Å². The molecule has 1 aliphatic rings. The molecule has 1 aliphatic heterocycles. The molecule has 1 saturated heterocycles. The van der Waals surface area contributed by atoms with Crippen molar-refractivity contribution in [2.45, 2.75) is 6.04 Å². The van der Waals surface area contributed by atoms with E-state index < -0.39 is 28.4 Å². The zero-order valence-corrected chi connectivity index (χ0v) is 18.3. The molecule has 1 heterocycles. The molecule has 0 spiro atoms. The molecule has 0 aliphatic carbocycles. The molecule has 4 rings (SSSR count). The SMILES string of the molecule is COc1ccc([C@H]2C(=C(O)c3ccc([N+](=O)[O-])cc3)C(=O)C(=O)N2c2ccccc2)c(OC)c1. The first-order chi connectivity index (χ1) is 16.4. The van der Waals surface area contributed by atoms with Gasteiger partial charge in [-0.15, -0.1) is 0 Å². The summed E-state index contributed by atoms with van der Waals surface area (Å²) in [6, 6.07) is 17.6. The summed E-state index contributed by atoms with van der Waals surface area (Å²) in [5.74, 6) is -1.30. The molecular weight excluding hydrogens is 440 g/mol. The fourth-order valence-corrected chi connectivity index (χ4v) is 3.92. The van der Waals surface area contributed by atoms with Crippen LogP contribution in [-0.2, 0) is 9.59 Å². The number of aliphatic hydroxyl groups is 1. The highest BCUT2D eigenvalue weighted by molar-refractivity contribution is 6.51. The molecule has 3 aromatic rings. The highest BCUT2D eigenvalue weighted by atomic mass is 16.6. The van der Waals surface area contributed by atoms with Crippen LogP contribution in [0.3, 0.4) is 0 Å². The Labute approximate surface area is 194 Å². The van der Waals surface area contributed by atoms with Crippen LogP contribution in [0.25, 0.3) is 5.76 Å². The number of carbonyl (C=O) groups excluding carboxylic acids is 2. The number of Topliss-reactive ketones (excluding diaryl/α,β-unsaturated/α-hetero) is 1. The molecule has 34 heavy (non-hydrogen) atoms. The zero-order chi connectivity index (χ0) is 24.4. The van der Waals surface area contributed by atoms with E-state index in [1.54, 1.807) is 48.5 Å². The molecule has 172 valence electrons. The number of hydrogen-bond donors (Lipinski definition) is 1. The molecule has 1 N–H and O–H groups in total. The summed E-state index contributed by atoms with van der Waals surface area (Å²) < 4.78 is 10.8. The smallest absolute Gasteiger partial charge is 0.300 e. The second kappa shape index (κ2) is 9.07. The van der Waals surface area contributed by atoms with Crippen molar-refractivity contribution >= 4 is 28.8 Å². The number of anilines is 1.